The predicted octanol–water partition coefficient (Wildman–Crippen LogP) is 11.3. The van der Waals surface area contributed by atoms with E-state index in [1.807, 2.05) is 41.5 Å². The summed E-state index contributed by atoms with van der Waals surface area (Å²) in [5.41, 5.74) is 0.962. The van der Waals surface area contributed by atoms with Crippen LogP contribution in [-0.2, 0) is 38.2 Å². The summed E-state index contributed by atoms with van der Waals surface area (Å²) in [6.45, 7) is 17.5. The normalized spacial score (nSPS) is 18.6. The highest BCUT2D eigenvalue weighted by atomic mass is 32.1. The fourth-order valence-corrected chi connectivity index (χ4v) is 12.7. The molecule has 5 amide bonds. The van der Waals surface area contributed by atoms with Gasteiger partial charge in [0.25, 0.3) is 0 Å². The molecular formula is C66H89N5O13S3. The summed E-state index contributed by atoms with van der Waals surface area (Å²) < 4.78 is 9.80. The summed E-state index contributed by atoms with van der Waals surface area (Å²) in [5.74, 6) is 15.5. The summed E-state index contributed by atoms with van der Waals surface area (Å²) >= 11 is 3.36. The maximum Gasteiger partial charge on any atom is 0.350 e. The molecule has 0 aromatic carbocycles. The Morgan fingerprint density at radius 2 is 0.724 bits per heavy atom. The van der Waals surface area contributed by atoms with E-state index >= 15 is 0 Å². The van der Waals surface area contributed by atoms with Gasteiger partial charge in [0.2, 0.25) is 29.5 Å². The number of carbonyl (C=O) groups excluding carboxylic acids is 7. The molecule has 2 N–H and O–H groups in total. The van der Waals surface area contributed by atoms with Crippen LogP contribution in [-0.4, -0.2) is 135 Å². The summed E-state index contributed by atoms with van der Waals surface area (Å²) in [6.07, 6.45) is 10.4. The van der Waals surface area contributed by atoms with Gasteiger partial charge in [-0.25, -0.2) is 14.4 Å². The van der Waals surface area contributed by atoms with Gasteiger partial charge in [0.1, 0.15) is 34.3 Å². The van der Waals surface area contributed by atoms with Crippen molar-refractivity contribution in [1.82, 2.24) is 9.80 Å². The lowest BCUT2D eigenvalue weighted by Crippen LogP contribution is -2.44. The third kappa shape index (κ3) is 22.0. The molecule has 0 unspecified atom stereocenters. The van der Waals surface area contributed by atoms with Crippen molar-refractivity contribution >= 4 is 104 Å². The number of carboxylic acids is 2. The van der Waals surface area contributed by atoms with Crippen molar-refractivity contribution < 1.29 is 62.8 Å². The van der Waals surface area contributed by atoms with Crippen molar-refractivity contribution in [3.05, 3.63) is 47.5 Å². The van der Waals surface area contributed by atoms with E-state index in [0.717, 1.165) is 99.7 Å². The average molecular weight is 1260 g/mol. The van der Waals surface area contributed by atoms with E-state index in [1.165, 1.54) is 50.1 Å². The van der Waals surface area contributed by atoms with Gasteiger partial charge in [-0.05, 0) is 113 Å². The number of nitrogens with zero attached hydrogens (tertiary/aromatic N) is 5. The maximum absolute atomic E-state index is 13.5. The number of amides is 5. The molecule has 474 valence electrons. The number of carbonyl (C=O) groups is 9. The smallest absolute Gasteiger partial charge is 0.350 e. The molecule has 3 aromatic heterocycles. The number of carboxylic acid groups (broad SMARTS) is 2. The average Bonchev–Trinajstić information content (AvgIpc) is 3.14. The first-order valence-corrected chi connectivity index (χ1v) is 32.3. The van der Waals surface area contributed by atoms with E-state index in [2.05, 4.69) is 56.3 Å². The Morgan fingerprint density at radius 1 is 0.460 bits per heavy atom. The van der Waals surface area contributed by atoms with Crippen molar-refractivity contribution in [3.63, 3.8) is 0 Å². The van der Waals surface area contributed by atoms with E-state index in [9.17, 15) is 53.4 Å². The summed E-state index contributed by atoms with van der Waals surface area (Å²) in [6, 6.07) is 4.99. The number of rotatable bonds is 15. The fourth-order valence-electron chi connectivity index (χ4n) is 9.92. The zero-order chi connectivity index (χ0) is 65.0. The van der Waals surface area contributed by atoms with Crippen LogP contribution >= 0.6 is 34.0 Å². The molecule has 3 aliphatic carbocycles. The second kappa shape index (κ2) is 34.5. The zero-order valence-corrected chi connectivity index (χ0v) is 55.8. The number of hydrogen-bond acceptors (Lipinski definition) is 14. The lowest BCUT2D eigenvalue weighted by molar-refractivity contribution is -0.137. The fraction of sp³-hybridized carbons (Fsp3) is 0.591. The van der Waals surface area contributed by atoms with Gasteiger partial charge >= 0.3 is 23.9 Å². The molecule has 6 rings (SSSR count). The monoisotopic (exact) mass is 1260 g/mol. The summed E-state index contributed by atoms with van der Waals surface area (Å²) in [4.78, 5) is 122. The van der Waals surface area contributed by atoms with Gasteiger partial charge in [-0.1, -0.05) is 97.8 Å². The Balaban J connectivity index is 0.000000279. The van der Waals surface area contributed by atoms with Crippen LogP contribution in [0.3, 0.4) is 0 Å². The Kier molecular flexibility index (Phi) is 28.8. The molecule has 3 fully saturated rings. The highest BCUT2D eigenvalue weighted by Crippen LogP contribution is 2.39. The highest BCUT2D eigenvalue weighted by molar-refractivity contribution is 7.16. The van der Waals surface area contributed by atoms with Crippen LogP contribution in [0.25, 0.3) is 0 Å². The molecule has 18 nitrogen and oxygen atoms in total. The SMILES string of the molecule is CC(C)C#Cc1cc(N(CC(=O)N(C)C)C(=O)C2CCC(C)CC2)c(C(=O)O)s1.COC(=O)c1sc(C#CC(C)C)cc1N(CC(=O)N(C)C)C(=O)C1CCC(C)CC1.COC(=O)c1sc(C#CC(C)C)cc1N(CC(=O)O)C(=O)C1CCC(C)CC1. The molecule has 0 atom stereocenters. The minimum absolute atomic E-state index is 0.0436. The highest BCUT2D eigenvalue weighted by Gasteiger charge is 2.37. The van der Waals surface area contributed by atoms with E-state index in [4.69, 9.17) is 9.47 Å². The van der Waals surface area contributed by atoms with Crippen molar-refractivity contribution in [2.75, 3.05) is 76.7 Å². The van der Waals surface area contributed by atoms with E-state index in [-0.39, 0.29) is 99.3 Å². The van der Waals surface area contributed by atoms with Gasteiger partial charge < -0.3 is 39.3 Å². The van der Waals surface area contributed by atoms with Gasteiger partial charge in [0.15, 0.2) is 0 Å². The lowest BCUT2D eigenvalue weighted by atomic mass is 9.82. The van der Waals surface area contributed by atoms with Crippen LogP contribution in [0.15, 0.2) is 18.2 Å². The molecule has 0 spiro atoms. The number of methoxy groups -OCH3 is 2. The zero-order valence-electron chi connectivity index (χ0n) is 53.4. The molecule has 87 heavy (non-hydrogen) atoms. The van der Waals surface area contributed by atoms with Crippen molar-refractivity contribution in [3.8, 4) is 35.5 Å². The molecule has 0 saturated heterocycles. The number of likely N-dealkylation sites (N-methyl/N-ethyl adjacent to an activating group) is 2. The minimum atomic E-state index is -1.13. The number of aliphatic carboxylic acids is 1. The van der Waals surface area contributed by atoms with Crippen LogP contribution in [0.2, 0.25) is 0 Å². The van der Waals surface area contributed by atoms with Crippen LogP contribution in [0.4, 0.5) is 17.1 Å². The molecule has 0 aliphatic heterocycles. The third-order valence-corrected chi connectivity index (χ3v) is 18.2. The number of anilines is 3. The number of esters is 2. The Morgan fingerprint density at radius 3 is 0.966 bits per heavy atom. The van der Waals surface area contributed by atoms with Crippen molar-refractivity contribution in [1.29, 1.82) is 0 Å². The van der Waals surface area contributed by atoms with Gasteiger partial charge in [-0.15, -0.1) is 34.0 Å². The van der Waals surface area contributed by atoms with E-state index in [0.29, 0.717) is 42.9 Å². The van der Waals surface area contributed by atoms with Crippen LogP contribution in [0.1, 0.15) is 183 Å². The van der Waals surface area contributed by atoms with Crippen molar-refractivity contribution in [2.45, 2.75) is 139 Å². The number of ether oxygens (including phenoxy) is 2. The second-order valence-corrected chi connectivity index (χ2v) is 27.3. The predicted molar refractivity (Wildman–Crippen MR) is 343 cm³/mol. The lowest BCUT2D eigenvalue weighted by Gasteiger charge is -2.31. The molecule has 21 heteroatoms. The second-order valence-electron chi connectivity index (χ2n) is 24.1. The summed E-state index contributed by atoms with van der Waals surface area (Å²) in [5, 5.41) is 19.1. The standard InChI is InChI=1S/C23H32N2O4S.C22H30N2O4S.C21H27NO5S/c1-15(2)7-12-18-13-19(21(30-18)23(28)29-6)25(14-20(26)24(4)5)22(27)17-10-8-16(3)9-11-17;1-14(2)6-11-17-12-18(20(29-17)22(27)28)24(13-19(25)23(4)5)21(26)16-9-7-15(3)8-10-16;1-13(2)5-10-16-11-17(19(28-16)21(26)27-4)22(12-18(23)24)20(25)15-8-6-14(3)7-9-15/h13,15-17H,8-11,14H2,1-6H3;12,14-16H,7-10,13H2,1-5H3,(H,27,28);11,13-15H,6-9,12H2,1-4H3,(H,23,24). The van der Waals surface area contributed by atoms with Gasteiger partial charge in [0.05, 0.1) is 45.9 Å². The molecule has 3 heterocycles. The first-order chi connectivity index (χ1) is 41.0. The van der Waals surface area contributed by atoms with Crippen LogP contribution in [0, 0.1) is 88.8 Å². The van der Waals surface area contributed by atoms with Gasteiger partial charge in [0, 0.05) is 63.7 Å². The number of thiophene rings is 3. The largest absolute Gasteiger partial charge is 0.480 e. The Labute approximate surface area is 526 Å². The molecule has 3 aliphatic rings. The van der Waals surface area contributed by atoms with Crippen LogP contribution < -0.4 is 14.7 Å². The Hall–Kier alpha value is -6.99. The molecule has 3 aromatic rings. The molecule has 0 radical (unpaired) electrons. The molecule has 3 saturated carbocycles. The van der Waals surface area contributed by atoms with Gasteiger partial charge in [-0.2, -0.15) is 0 Å². The third-order valence-electron chi connectivity index (χ3n) is 15.2. The quantitative estimate of drug-likeness (QED) is 0.107. The first kappa shape index (κ1) is 72.5. The minimum Gasteiger partial charge on any atom is -0.480 e. The van der Waals surface area contributed by atoms with Crippen LogP contribution in [0.5, 0.6) is 0 Å². The summed E-state index contributed by atoms with van der Waals surface area (Å²) in [7, 11) is 9.13. The number of hydrogen-bond donors (Lipinski definition) is 2. The van der Waals surface area contributed by atoms with E-state index < -0.39 is 30.4 Å². The molecular weight excluding hydrogens is 1170 g/mol. The Bertz CT molecular complexity index is 3110. The van der Waals surface area contributed by atoms with Gasteiger partial charge in [-0.3, -0.25) is 33.7 Å². The van der Waals surface area contributed by atoms with E-state index in [1.54, 1.807) is 46.4 Å². The topological polar surface area (TPSA) is 229 Å². The number of aromatic carboxylic acids is 1. The molecule has 0 bridgehead atoms. The maximum atomic E-state index is 13.5. The van der Waals surface area contributed by atoms with Crippen molar-refractivity contribution in [2.24, 2.45) is 53.3 Å². The first-order valence-electron chi connectivity index (χ1n) is 29.9.